The van der Waals surface area contributed by atoms with Crippen molar-refractivity contribution in [3.05, 3.63) is 23.8 Å². The maximum absolute atomic E-state index is 8.97. The van der Waals surface area contributed by atoms with Crippen LogP contribution in [-0.2, 0) is 0 Å². The Morgan fingerprint density at radius 1 is 1.29 bits per heavy atom. The van der Waals surface area contributed by atoms with Crippen LogP contribution in [0.25, 0.3) is 0 Å². The summed E-state index contributed by atoms with van der Waals surface area (Å²) in [6.07, 6.45) is 2.68. The third-order valence-corrected chi connectivity index (χ3v) is 4.31. The van der Waals surface area contributed by atoms with Gasteiger partial charge in [-0.05, 0) is 25.0 Å². The van der Waals surface area contributed by atoms with Crippen LogP contribution >= 0.6 is 0 Å². The van der Waals surface area contributed by atoms with Gasteiger partial charge in [-0.25, -0.2) is 0 Å². The molecular formula is C15H22N4O2. The predicted molar refractivity (Wildman–Crippen MR) is 82.3 cm³/mol. The number of hydrogen-bond donors (Lipinski definition) is 2. The van der Waals surface area contributed by atoms with Gasteiger partial charge in [0.1, 0.15) is 5.75 Å². The van der Waals surface area contributed by atoms with Crippen molar-refractivity contribution in [1.82, 2.24) is 4.90 Å². The number of anilines is 1. The van der Waals surface area contributed by atoms with Crippen molar-refractivity contribution in [2.45, 2.75) is 18.9 Å². The van der Waals surface area contributed by atoms with Crippen LogP contribution in [-0.4, -0.2) is 55.3 Å². The molecule has 2 fully saturated rings. The minimum absolute atomic E-state index is 0.136. The minimum atomic E-state index is 0.136. The highest BCUT2D eigenvalue weighted by Gasteiger charge is 2.31. The second-order valence-electron chi connectivity index (χ2n) is 5.62. The van der Waals surface area contributed by atoms with E-state index in [1.807, 2.05) is 18.2 Å². The summed E-state index contributed by atoms with van der Waals surface area (Å²) in [6, 6.07) is 6.44. The number of ether oxygens (including phenoxy) is 1. The van der Waals surface area contributed by atoms with E-state index < -0.39 is 0 Å². The summed E-state index contributed by atoms with van der Waals surface area (Å²) in [5.74, 6) is 0.918. The lowest BCUT2D eigenvalue weighted by molar-refractivity contribution is 0.248. The Hall–Kier alpha value is -1.95. The normalized spacial score (nSPS) is 20.6. The number of amidine groups is 1. The Bertz CT molecular complexity index is 534. The minimum Gasteiger partial charge on any atom is -0.497 e. The van der Waals surface area contributed by atoms with Crippen molar-refractivity contribution in [2.24, 2.45) is 10.9 Å². The summed E-state index contributed by atoms with van der Waals surface area (Å²) >= 11 is 0. The molecule has 0 amide bonds. The van der Waals surface area contributed by atoms with E-state index in [2.05, 4.69) is 15.0 Å². The smallest absolute Gasteiger partial charge is 0.172 e. The van der Waals surface area contributed by atoms with Gasteiger partial charge >= 0.3 is 0 Å². The molecule has 0 aromatic heterocycles. The average molecular weight is 290 g/mol. The molecule has 3 rings (SSSR count). The number of benzene rings is 1. The number of nitrogens with two attached hydrogens (primary N) is 1. The zero-order chi connectivity index (χ0) is 14.8. The van der Waals surface area contributed by atoms with Crippen LogP contribution < -0.4 is 15.4 Å². The fourth-order valence-corrected chi connectivity index (χ4v) is 2.94. The molecule has 0 unspecified atom stereocenters. The van der Waals surface area contributed by atoms with E-state index in [1.54, 1.807) is 7.11 Å². The molecule has 3 N–H and O–H groups in total. The first kappa shape index (κ1) is 14.0. The van der Waals surface area contributed by atoms with Gasteiger partial charge in [0.2, 0.25) is 0 Å². The summed E-state index contributed by atoms with van der Waals surface area (Å²) in [5, 5.41) is 12.1. The van der Waals surface area contributed by atoms with E-state index in [-0.39, 0.29) is 5.84 Å². The Balaban J connectivity index is 1.82. The van der Waals surface area contributed by atoms with Gasteiger partial charge in [0, 0.05) is 43.9 Å². The molecule has 1 saturated heterocycles. The van der Waals surface area contributed by atoms with E-state index in [0.29, 0.717) is 0 Å². The monoisotopic (exact) mass is 290 g/mol. The molecule has 1 heterocycles. The lowest BCUT2D eigenvalue weighted by atomic mass is 10.1. The highest BCUT2D eigenvalue weighted by molar-refractivity contribution is 6.02. The van der Waals surface area contributed by atoms with Crippen LogP contribution in [0, 0.1) is 0 Å². The fourth-order valence-electron chi connectivity index (χ4n) is 2.94. The molecule has 1 aromatic rings. The molecule has 1 aliphatic carbocycles. The van der Waals surface area contributed by atoms with Crippen LogP contribution in [0.5, 0.6) is 5.75 Å². The topological polar surface area (TPSA) is 74.3 Å². The molecule has 0 atom stereocenters. The van der Waals surface area contributed by atoms with Crippen molar-refractivity contribution in [3.8, 4) is 5.75 Å². The first-order valence-electron chi connectivity index (χ1n) is 7.38. The first-order valence-corrected chi connectivity index (χ1v) is 7.38. The first-order chi connectivity index (χ1) is 10.2. The number of piperazine rings is 1. The van der Waals surface area contributed by atoms with E-state index in [9.17, 15) is 0 Å². The van der Waals surface area contributed by atoms with Gasteiger partial charge in [0.05, 0.1) is 12.8 Å². The zero-order valence-corrected chi connectivity index (χ0v) is 12.3. The molecule has 0 bridgehead atoms. The molecular weight excluding hydrogens is 268 g/mol. The molecule has 6 nitrogen and oxygen atoms in total. The number of oxime groups is 1. The standard InChI is InChI=1S/C15H22N4O2/c1-21-12-4-5-13(15(16)17-20)14(10-12)19-8-6-18(7-9-19)11-2-3-11/h4-5,10-11,20H,2-3,6-9H2,1H3,(H2,16,17). The second kappa shape index (κ2) is 5.81. The SMILES string of the molecule is COc1ccc(/C(N)=N/O)c(N2CCN(C3CC3)CC2)c1. The molecule has 21 heavy (non-hydrogen) atoms. The van der Waals surface area contributed by atoms with E-state index in [4.69, 9.17) is 15.7 Å². The Morgan fingerprint density at radius 2 is 2.00 bits per heavy atom. The molecule has 0 radical (unpaired) electrons. The molecule has 114 valence electrons. The van der Waals surface area contributed by atoms with E-state index in [1.165, 1.54) is 12.8 Å². The lowest BCUT2D eigenvalue weighted by Gasteiger charge is -2.37. The summed E-state index contributed by atoms with van der Waals surface area (Å²) < 4.78 is 5.30. The lowest BCUT2D eigenvalue weighted by Crippen LogP contribution is -2.47. The summed E-state index contributed by atoms with van der Waals surface area (Å²) in [6.45, 7) is 4.04. The van der Waals surface area contributed by atoms with Gasteiger partial charge < -0.3 is 20.6 Å². The van der Waals surface area contributed by atoms with Gasteiger partial charge in [-0.1, -0.05) is 5.16 Å². The molecule has 1 saturated carbocycles. The maximum Gasteiger partial charge on any atom is 0.172 e. The summed E-state index contributed by atoms with van der Waals surface area (Å²) in [5.41, 5.74) is 7.52. The highest BCUT2D eigenvalue weighted by Crippen LogP contribution is 2.31. The Kier molecular flexibility index (Phi) is 3.88. The third kappa shape index (κ3) is 2.90. The number of rotatable bonds is 4. The van der Waals surface area contributed by atoms with Crippen molar-refractivity contribution < 1.29 is 9.94 Å². The molecule has 1 aliphatic heterocycles. The number of methoxy groups -OCH3 is 1. The number of nitrogens with zero attached hydrogens (tertiary/aromatic N) is 3. The second-order valence-corrected chi connectivity index (χ2v) is 5.62. The molecule has 1 aromatic carbocycles. The third-order valence-electron chi connectivity index (χ3n) is 4.31. The van der Waals surface area contributed by atoms with Crippen molar-refractivity contribution in [1.29, 1.82) is 0 Å². The average Bonchev–Trinajstić information content (AvgIpc) is 3.38. The van der Waals surface area contributed by atoms with Crippen LogP contribution in [0.3, 0.4) is 0 Å². The molecule has 6 heteroatoms. The van der Waals surface area contributed by atoms with Crippen molar-refractivity contribution in [3.63, 3.8) is 0 Å². The Morgan fingerprint density at radius 3 is 2.57 bits per heavy atom. The summed E-state index contributed by atoms with van der Waals surface area (Å²) in [4.78, 5) is 4.84. The molecule has 2 aliphatic rings. The van der Waals surface area contributed by atoms with Gasteiger partial charge in [-0.2, -0.15) is 0 Å². The van der Waals surface area contributed by atoms with Crippen molar-refractivity contribution in [2.75, 3.05) is 38.2 Å². The van der Waals surface area contributed by atoms with Crippen LogP contribution in [0.4, 0.5) is 5.69 Å². The van der Waals surface area contributed by atoms with Gasteiger partial charge in [0.15, 0.2) is 5.84 Å². The van der Waals surface area contributed by atoms with E-state index >= 15 is 0 Å². The van der Waals surface area contributed by atoms with Crippen LogP contribution in [0.15, 0.2) is 23.4 Å². The Labute approximate surface area is 124 Å². The molecule has 0 spiro atoms. The van der Waals surface area contributed by atoms with Gasteiger partial charge in [-0.3, -0.25) is 4.90 Å². The van der Waals surface area contributed by atoms with Crippen LogP contribution in [0.2, 0.25) is 0 Å². The largest absolute Gasteiger partial charge is 0.497 e. The predicted octanol–water partition coefficient (Wildman–Crippen LogP) is 1.07. The maximum atomic E-state index is 8.97. The van der Waals surface area contributed by atoms with Crippen LogP contribution in [0.1, 0.15) is 18.4 Å². The van der Waals surface area contributed by atoms with Crippen molar-refractivity contribution >= 4 is 11.5 Å². The highest BCUT2D eigenvalue weighted by atomic mass is 16.5. The van der Waals surface area contributed by atoms with E-state index in [0.717, 1.165) is 49.2 Å². The van der Waals surface area contributed by atoms with Gasteiger partial charge in [-0.15, -0.1) is 0 Å². The zero-order valence-electron chi connectivity index (χ0n) is 12.3. The summed E-state index contributed by atoms with van der Waals surface area (Å²) in [7, 11) is 1.65. The quantitative estimate of drug-likeness (QED) is 0.375. The number of hydrogen-bond acceptors (Lipinski definition) is 5. The van der Waals surface area contributed by atoms with Gasteiger partial charge in [0.25, 0.3) is 0 Å². The fraction of sp³-hybridized carbons (Fsp3) is 0.533.